The maximum Gasteiger partial charge on any atom is 0.420 e. The lowest BCUT2D eigenvalue weighted by atomic mass is 9.70. The van der Waals surface area contributed by atoms with E-state index in [1.807, 2.05) is 4.90 Å². The van der Waals surface area contributed by atoms with Gasteiger partial charge in [0.2, 0.25) is 0 Å². The maximum absolute atomic E-state index is 16.7. The molecule has 3 nitrogen and oxygen atoms in total. The van der Waals surface area contributed by atoms with E-state index in [2.05, 4.69) is 261 Å². The molecule has 0 spiro atoms. The molecule has 1 aliphatic rings. The van der Waals surface area contributed by atoms with E-state index in [9.17, 15) is 0 Å². The van der Waals surface area contributed by atoms with Gasteiger partial charge in [0.25, 0.3) is 0 Å². The number of cyclic esters (lactones) is 1. The predicted molar refractivity (Wildman–Crippen MR) is 296 cm³/mol. The van der Waals surface area contributed by atoms with Crippen LogP contribution in [0.1, 0.15) is 16.7 Å². The average Bonchev–Trinajstić information content (AvgIpc) is 3.44. The van der Waals surface area contributed by atoms with E-state index in [1.165, 1.54) is 0 Å². The number of benzene rings is 13. The average molecular weight is 906 g/mol. The summed E-state index contributed by atoms with van der Waals surface area (Å²) in [5, 5.41) is 12.7. The van der Waals surface area contributed by atoms with Crippen LogP contribution < -0.4 is 4.90 Å². The van der Waals surface area contributed by atoms with Gasteiger partial charge in [-0.15, -0.1) is 0 Å². The van der Waals surface area contributed by atoms with Crippen LogP contribution in [0.4, 0.5) is 16.2 Å². The Kier molecular flexibility index (Phi) is 9.27. The van der Waals surface area contributed by atoms with Crippen molar-refractivity contribution in [2.75, 3.05) is 4.90 Å². The summed E-state index contributed by atoms with van der Waals surface area (Å²) in [6, 6.07) is 92.6. The van der Waals surface area contributed by atoms with Crippen molar-refractivity contribution in [1.82, 2.24) is 0 Å². The first-order chi connectivity index (χ1) is 35.2. The van der Waals surface area contributed by atoms with Crippen molar-refractivity contribution in [1.29, 1.82) is 0 Å². The van der Waals surface area contributed by atoms with Gasteiger partial charge in [0, 0.05) is 27.6 Å². The highest BCUT2D eigenvalue weighted by Gasteiger charge is 2.53. The molecule has 332 valence electrons. The SMILES string of the molecule is O=C1OC(c2cccc3ccccc23)(c2cccc3ccccc23)c2c(-c3cccc4ccccc34)cc(-c3cccc4ccccc34)c(-c3cccc4ccccc34)c2N1c1cccc2ccccc12. The monoisotopic (exact) mass is 905 g/mol. The van der Waals surface area contributed by atoms with Gasteiger partial charge in [-0.3, -0.25) is 0 Å². The quantitative estimate of drug-likeness (QED) is 0.166. The summed E-state index contributed by atoms with van der Waals surface area (Å²) in [5.41, 5.74) is 8.61. The molecule has 1 heterocycles. The summed E-state index contributed by atoms with van der Waals surface area (Å²) in [5.74, 6) is 0. The van der Waals surface area contributed by atoms with Crippen molar-refractivity contribution in [2.24, 2.45) is 0 Å². The van der Waals surface area contributed by atoms with Gasteiger partial charge in [-0.25, -0.2) is 9.69 Å². The van der Waals surface area contributed by atoms with Crippen LogP contribution in [-0.2, 0) is 10.3 Å². The molecule has 13 aromatic rings. The van der Waals surface area contributed by atoms with Crippen LogP contribution in [0.3, 0.4) is 0 Å². The molecule has 0 saturated heterocycles. The van der Waals surface area contributed by atoms with Crippen LogP contribution in [0.15, 0.2) is 261 Å². The molecule has 0 unspecified atom stereocenters. The van der Waals surface area contributed by atoms with Crippen LogP contribution >= 0.6 is 0 Å². The first-order valence-corrected chi connectivity index (χ1v) is 24.3. The number of hydrogen-bond donors (Lipinski definition) is 0. The Morgan fingerprint density at radius 2 is 0.662 bits per heavy atom. The van der Waals surface area contributed by atoms with E-state index in [4.69, 9.17) is 4.74 Å². The number of anilines is 2. The number of hydrogen-bond acceptors (Lipinski definition) is 2. The van der Waals surface area contributed by atoms with Gasteiger partial charge in [0.1, 0.15) is 0 Å². The zero-order chi connectivity index (χ0) is 47.0. The summed E-state index contributed by atoms with van der Waals surface area (Å²) in [6.07, 6.45) is -0.477. The van der Waals surface area contributed by atoms with Crippen LogP contribution in [0, 0.1) is 0 Å². The minimum atomic E-state index is -1.53. The van der Waals surface area contributed by atoms with E-state index < -0.39 is 11.7 Å². The molecule has 0 atom stereocenters. The molecule has 0 bridgehead atoms. The number of ether oxygens (including phenoxy) is 1. The highest BCUT2D eigenvalue weighted by molar-refractivity contribution is 6.19. The number of nitrogens with zero attached hydrogens (tertiary/aromatic N) is 1. The van der Waals surface area contributed by atoms with Crippen LogP contribution in [-0.4, -0.2) is 6.09 Å². The standard InChI is InChI=1S/C68H43NO2/c70-67-69(63-42-18-30-49-24-6-12-36-55(49)63)66-64(58-39-15-27-46-21-3-9-33-52(46)58)59(56-37-13-25-44-19-1-7-31-50(44)56)43-60(57-38-14-26-45-20-2-8-32-51(45)57)65(66)68(71-67,61-40-16-28-47-22-4-10-34-53(47)61)62-41-17-29-48-23-5-11-35-54(48)62/h1-43H. The second-order valence-corrected chi connectivity index (χ2v) is 18.6. The van der Waals surface area contributed by atoms with Crippen LogP contribution in [0.25, 0.3) is 98.0 Å². The van der Waals surface area contributed by atoms with E-state index in [0.29, 0.717) is 0 Å². The summed E-state index contributed by atoms with van der Waals surface area (Å²) in [6.45, 7) is 0. The molecule has 0 aliphatic carbocycles. The fourth-order valence-corrected chi connectivity index (χ4v) is 11.8. The molecule has 0 fully saturated rings. The van der Waals surface area contributed by atoms with Gasteiger partial charge in [0.05, 0.1) is 11.4 Å². The summed E-state index contributed by atoms with van der Waals surface area (Å²) in [7, 11) is 0. The van der Waals surface area contributed by atoms with Gasteiger partial charge in [-0.2, -0.15) is 0 Å². The third-order valence-electron chi connectivity index (χ3n) is 14.9. The van der Waals surface area contributed by atoms with Crippen molar-refractivity contribution in [3.63, 3.8) is 0 Å². The Bertz CT molecular complexity index is 4210. The summed E-state index contributed by atoms with van der Waals surface area (Å²) >= 11 is 0. The largest absolute Gasteiger partial charge is 0.427 e. The number of amides is 1. The Balaban J connectivity index is 1.31. The number of rotatable bonds is 6. The summed E-state index contributed by atoms with van der Waals surface area (Å²) < 4.78 is 7.76. The van der Waals surface area contributed by atoms with Gasteiger partial charge in [0.15, 0.2) is 5.60 Å². The lowest BCUT2D eigenvalue weighted by Crippen LogP contribution is -2.46. The molecule has 0 saturated carbocycles. The van der Waals surface area contributed by atoms with Gasteiger partial charge in [-0.1, -0.05) is 249 Å². The molecule has 0 N–H and O–H groups in total. The van der Waals surface area contributed by atoms with Crippen molar-refractivity contribution in [3.05, 3.63) is 278 Å². The van der Waals surface area contributed by atoms with Crippen molar-refractivity contribution >= 4 is 82.1 Å². The lowest BCUT2D eigenvalue weighted by molar-refractivity contribution is 0.0712. The van der Waals surface area contributed by atoms with E-state index >= 15 is 4.79 Å². The molecular formula is C68H43NO2. The van der Waals surface area contributed by atoms with Crippen molar-refractivity contribution in [2.45, 2.75) is 5.60 Å². The minimum Gasteiger partial charge on any atom is -0.427 e. The zero-order valence-electron chi connectivity index (χ0n) is 38.6. The van der Waals surface area contributed by atoms with Crippen LogP contribution in [0.2, 0.25) is 0 Å². The Morgan fingerprint density at radius 1 is 0.310 bits per heavy atom. The molecule has 3 heteroatoms. The highest BCUT2D eigenvalue weighted by Crippen LogP contribution is 2.61. The first kappa shape index (κ1) is 40.7. The Hall–Kier alpha value is -9.31. The van der Waals surface area contributed by atoms with Gasteiger partial charge < -0.3 is 4.74 Å². The molecule has 13 aromatic carbocycles. The number of fused-ring (bicyclic) bond motifs is 7. The zero-order valence-corrected chi connectivity index (χ0v) is 38.6. The molecule has 1 aliphatic heterocycles. The summed E-state index contributed by atoms with van der Waals surface area (Å²) in [4.78, 5) is 18.6. The van der Waals surface area contributed by atoms with Gasteiger partial charge >= 0.3 is 6.09 Å². The second kappa shape index (κ2) is 16.2. The molecule has 14 rings (SSSR count). The van der Waals surface area contributed by atoms with E-state index in [1.54, 1.807) is 0 Å². The number of carbonyl (C=O) groups is 1. The smallest absolute Gasteiger partial charge is 0.420 e. The molecule has 0 radical (unpaired) electrons. The van der Waals surface area contributed by atoms with Crippen molar-refractivity contribution in [3.8, 4) is 33.4 Å². The predicted octanol–water partition coefficient (Wildman–Crippen LogP) is 18.2. The normalized spacial score (nSPS) is 13.3. The fraction of sp³-hybridized carbons (Fsp3) is 0.0147. The molecule has 1 amide bonds. The highest BCUT2D eigenvalue weighted by atomic mass is 16.6. The van der Waals surface area contributed by atoms with Gasteiger partial charge in [-0.05, 0) is 99.2 Å². The van der Waals surface area contributed by atoms with E-state index in [0.717, 1.165) is 126 Å². The second-order valence-electron chi connectivity index (χ2n) is 18.6. The lowest BCUT2D eigenvalue weighted by Gasteiger charge is -2.46. The third kappa shape index (κ3) is 6.20. The topological polar surface area (TPSA) is 29.5 Å². The fourth-order valence-electron chi connectivity index (χ4n) is 11.8. The molecule has 71 heavy (non-hydrogen) atoms. The minimum absolute atomic E-state index is 0.477. The number of carbonyl (C=O) groups excluding carboxylic acids is 1. The van der Waals surface area contributed by atoms with Crippen molar-refractivity contribution < 1.29 is 9.53 Å². The van der Waals surface area contributed by atoms with Crippen LogP contribution in [0.5, 0.6) is 0 Å². The Labute approximate surface area is 411 Å². The third-order valence-corrected chi connectivity index (χ3v) is 14.9. The molecular weight excluding hydrogens is 863 g/mol. The first-order valence-electron chi connectivity index (χ1n) is 24.3. The maximum atomic E-state index is 16.7. The molecule has 0 aromatic heterocycles. The van der Waals surface area contributed by atoms with E-state index in [-0.39, 0.29) is 0 Å². The Morgan fingerprint density at radius 3 is 1.17 bits per heavy atom.